The molecule has 0 spiro atoms. The Morgan fingerprint density at radius 1 is 1.30 bits per heavy atom. The van der Waals surface area contributed by atoms with E-state index in [9.17, 15) is 0 Å². The van der Waals surface area contributed by atoms with Crippen LogP contribution < -0.4 is 5.32 Å². The molecular formula is C16H29IN6. The van der Waals surface area contributed by atoms with Crippen molar-refractivity contribution >= 4 is 29.9 Å². The van der Waals surface area contributed by atoms with Crippen molar-refractivity contribution in [2.45, 2.75) is 38.3 Å². The lowest BCUT2D eigenvalue weighted by atomic mass is 10.1. The van der Waals surface area contributed by atoms with E-state index in [2.05, 4.69) is 25.2 Å². The Labute approximate surface area is 156 Å². The second-order valence-corrected chi connectivity index (χ2v) is 6.33. The van der Waals surface area contributed by atoms with E-state index in [0.717, 1.165) is 25.6 Å². The monoisotopic (exact) mass is 432 g/mol. The van der Waals surface area contributed by atoms with Crippen LogP contribution in [0.15, 0.2) is 17.3 Å². The smallest absolute Gasteiger partial charge is 0.194 e. The lowest BCUT2D eigenvalue weighted by molar-refractivity contribution is 0.168. The molecule has 0 radical (unpaired) electrons. The third kappa shape index (κ3) is 4.59. The molecule has 23 heavy (non-hydrogen) atoms. The largest absolute Gasteiger partial charge is 0.351 e. The van der Waals surface area contributed by atoms with Gasteiger partial charge in [-0.15, -0.1) is 24.0 Å². The van der Waals surface area contributed by atoms with Gasteiger partial charge in [0.15, 0.2) is 5.96 Å². The molecule has 6 nitrogen and oxygen atoms in total. The zero-order valence-electron chi connectivity index (χ0n) is 14.2. The van der Waals surface area contributed by atoms with E-state index in [-0.39, 0.29) is 24.0 Å². The summed E-state index contributed by atoms with van der Waals surface area (Å²) in [6.45, 7) is 5.53. The van der Waals surface area contributed by atoms with Crippen molar-refractivity contribution in [1.29, 1.82) is 0 Å². The van der Waals surface area contributed by atoms with Crippen LogP contribution >= 0.6 is 24.0 Å². The highest BCUT2D eigenvalue weighted by Crippen LogP contribution is 2.20. The Hall–Kier alpha value is -0.830. The van der Waals surface area contributed by atoms with E-state index < -0.39 is 0 Å². The molecule has 2 fully saturated rings. The highest BCUT2D eigenvalue weighted by Gasteiger charge is 2.29. The Bertz CT molecular complexity index is 508. The maximum absolute atomic E-state index is 4.46. The number of aromatic nitrogens is 2. The number of nitrogens with zero attached hydrogens (tertiary/aromatic N) is 5. The zero-order chi connectivity index (χ0) is 15.4. The van der Waals surface area contributed by atoms with Crippen molar-refractivity contribution in [2.24, 2.45) is 12.0 Å². The molecule has 0 aromatic carbocycles. The van der Waals surface area contributed by atoms with Gasteiger partial charge in [0.05, 0.1) is 12.2 Å². The Morgan fingerprint density at radius 2 is 2.09 bits per heavy atom. The molecule has 3 heterocycles. The lowest BCUT2D eigenvalue weighted by Crippen LogP contribution is -2.44. The Morgan fingerprint density at radius 3 is 2.74 bits per heavy atom. The predicted molar refractivity (Wildman–Crippen MR) is 104 cm³/mol. The third-order valence-corrected chi connectivity index (χ3v) is 4.93. The molecule has 0 amide bonds. The standard InChI is InChI=1S/C16H28N6.HI/c1-17-16(18-12-14-6-8-19-20(14)2)22-11-7-15(13-22)21-9-4-3-5-10-21;/h6,8,15H,3-5,7,9-13H2,1-2H3,(H,17,18);1H. The van der Waals surface area contributed by atoms with Crippen LogP contribution in [0.25, 0.3) is 0 Å². The predicted octanol–water partition coefficient (Wildman–Crippen LogP) is 1.67. The van der Waals surface area contributed by atoms with Gasteiger partial charge in [-0.1, -0.05) is 6.42 Å². The van der Waals surface area contributed by atoms with Crippen molar-refractivity contribution in [2.75, 3.05) is 33.2 Å². The molecule has 0 bridgehead atoms. The van der Waals surface area contributed by atoms with E-state index >= 15 is 0 Å². The van der Waals surface area contributed by atoms with Crippen molar-refractivity contribution in [3.8, 4) is 0 Å². The van der Waals surface area contributed by atoms with E-state index in [0.29, 0.717) is 6.04 Å². The average molecular weight is 432 g/mol. The molecule has 2 saturated heterocycles. The fraction of sp³-hybridized carbons (Fsp3) is 0.750. The first-order chi connectivity index (χ1) is 10.8. The van der Waals surface area contributed by atoms with Crippen LogP contribution in [0, 0.1) is 0 Å². The topological polar surface area (TPSA) is 48.7 Å². The van der Waals surface area contributed by atoms with E-state index in [1.807, 2.05) is 31.0 Å². The molecule has 0 saturated carbocycles. The van der Waals surface area contributed by atoms with Crippen LogP contribution in [-0.4, -0.2) is 64.8 Å². The maximum Gasteiger partial charge on any atom is 0.194 e. The molecule has 0 aliphatic carbocycles. The second kappa shape index (κ2) is 8.86. The van der Waals surface area contributed by atoms with Crippen LogP contribution in [-0.2, 0) is 13.6 Å². The quantitative estimate of drug-likeness (QED) is 0.449. The van der Waals surface area contributed by atoms with Crippen LogP contribution in [0.4, 0.5) is 0 Å². The molecule has 1 atom stereocenters. The number of rotatable bonds is 3. The number of nitrogens with one attached hydrogen (secondary N) is 1. The lowest BCUT2D eigenvalue weighted by Gasteiger charge is -2.32. The Balaban J connectivity index is 0.00000192. The van der Waals surface area contributed by atoms with Crippen molar-refractivity contribution in [3.05, 3.63) is 18.0 Å². The minimum Gasteiger partial charge on any atom is -0.351 e. The first-order valence-corrected chi connectivity index (χ1v) is 8.44. The maximum atomic E-state index is 4.46. The van der Waals surface area contributed by atoms with Gasteiger partial charge in [-0.05, 0) is 38.4 Å². The minimum absolute atomic E-state index is 0. The molecular weight excluding hydrogens is 403 g/mol. The summed E-state index contributed by atoms with van der Waals surface area (Å²) < 4.78 is 1.90. The fourth-order valence-corrected chi connectivity index (χ4v) is 3.59. The minimum atomic E-state index is 0. The van der Waals surface area contributed by atoms with Crippen LogP contribution in [0.5, 0.6) is 0 Å². The van der Waals surface area contributed by atoms with Crippen molar-refractivity contribution < 1.29 is 0 Å². The van der Waals surface area contributed by atoms with Gasteiger partial charge in [-0.2, -0.15) is 5.10 Å². The molecule has 1 aromatic rings. The molecule has 1 unspecified atom stereocenters. The van der Waals surface area contributed by atoms with Gasteiger partial charge >= 0.3 is 0 Å². The number of aryl methyl sites for hydroxylation is 1. The first kappa shape index (κ1) is 18.5. The average Bonchev–Trinajstić information content (AvgIpc) is 3.19. The van der Waals surface area contributed by atoms with Gasteiger partial charge in [0, 0.05) is 39.4 Å². The molecule has 3 rings (SSSR count). The van der Waals surface area contributed by atoms with Gasteiger partial charge in [-0.25, -0.2) is 0 Å². The number of hydrogen-bond donors (Lipinski definition) is 1. The van der Waals surface area contributed by atoms with Crippen molar-refractivity contribution in [1.82, 2.24) is 24.9 Å². The SMILES string of the molecule is CN=C(NCc1ccnn1C)N1CCC(N2CCCCC2)C1.I. The number of halogens is 1. The molecule has 2 aliphatic heterocycles. The highest BCUT2D eigenvalue weighted by atomic mass is 127. The molecule has 130 valence electrons. The summed E-state index contributed by atoms with van der Waals surface area (Å²) in [6, 6.07) is 2.75. The highest BCUT2D eigenvalue weighted by molar-refractivity contribution is 14.0. The summed E-state index contributed by atoms with van der Waals surface area (Å²) in [7, 11) is 3.85. The number of aliphatic imine (C=N–C) groups is 1. The van der Waals surface area contributed by atoms with Gasteiger partial charge < -0.3 is 10.2 Å². The molecule has 7 heteroatoms. The van der Waals surface area contributed by atoms with E-state index in [1.165, 1.54) is 44.5 Å². The van der Waals surface area contributed by atoms with Crippen LogP contribution in [0.2, 0.25) is 0 Å². The third-order valence-electron chi connectivity index (χ3n) is 4.93. The van der Waals surface area contributed by atoms with Crippen LogP contribution in [0.1, 0.15) is 31.4 Å². The summed E-state index contributed by atoms with van der Waals surface area (Å²) in [5, 5.41) is 7.68. The number of hydrogen-bond acceptors (Lipinski definition) is 3. The van der Waals surface area contributed by atoms with Crippen molar-refractivity contribution in [3.63, 3.8) is 0 Å². The molecule has 2 aliphatic rings. The van der Waals surface area contributed by atoms with E-state index in [4.69, 9.17) is 0 Å². The number of piperidine rings is 1. The molecule has 1 aromatic heterocycles. The number of likely N-dealkylation sites (tertiary alicyclic amines) is 2. The summed E-state index contributed by atoms with van der Waals surface area (Å²) in [5.74, 6) is 1.01. The van der Waals surface area contributed by atoms with Crippen LogP contribution in [0.3, 0.4) is 0 Å². The zero-order valence-corrected chi connectivity index (χ0v) is 16.6. The summed E-state index contributed by atoms with van der Waals surface area (Å²) in [6.07, 6.45) is 7.23. The fourth-order valence-electron chi connectivity index (χ4n) is 3.59. The summed E-state index contributed by atoms with van der Waals surface area (Å²) >= 11 is 0. The first-order valence-electron chi connectivity index (χ1n) is 8.44. The summed E-state index contributed by atoms with van der Waals surface area (Å²) in [5.41, 5.74) is 1.17. The van der Waals surface area contributed by atoms with E-state index in [1.54, 1.807) is 0 Å². The normalized spacial score (nSPS) is 23.0. The van der Waals surface area contributed by atoms with Gasteiger partial charge in [0.2, 0.25) is 0 Å². The summed E-state index contributed by atoms with van der Waals surface area (Å²) in [4.78, 5) is 9.54. The Kier molecular flexibility index (Phi) is 7.13. The number of guanidine groups is 1. The second-order valence-electron chi connectivity index (χ2n) is 6.33. The van der Waals surface area contributed by atoms with Gasteiger partial charge in [0.1, 0.15) is 0 Å². The van der Waals surface area contributed by atoms with Gasteiger partial charge in [0.25, 0.3) is 0 Å². The van der Waals surface area contributed by atoms with Gasteiger partial charge in [-0.3, -0.25) is 14.6 Å². The molecule has 1 N–H and O–H groups in total.